The van der Waals surface area contributed by atoms with Crippen LogP contribution in [0.2, 0.25) is 0 Å². The summed E-state index contributed by atoms with van der Waals surface area (Å²) in [4.78, 5) is 2.43. The second kappa shape index (κ2) is 3.29. The molecule has 1 N–H and O–H groups in total. The van der Waals surface area contributed by atoms with Crippen molar-refractivity contribution in [3.63, 3.8) is 0 Å². The van der Waals surface area contributed by atoms with Gasteiger partial charge in [-0.1, -0.05) is 12.1 Å². The Morgan fingerprint density at radius 1 is 1.46 bits per heavy atom. The van der Waals surface area contributed by atoms with E-state index in [1.165, 1.54) is 13.0 Å². The lowest BCUT2D eigenvalue weighted by Gasteiger charge is -2.38. The first kappa shape index (κ1) is 9.00. The molecule has 0 aromatic carbocycles. The summed E-state index contributed by atoms with van der Waals surface area (Å²) >= 11 is 0. The second-order valence-corrected chi connectivity index (χ2v) is 4.66. The fraction of sp³-hybridized carbons (Fsp3) is 0.900. The molecule has 3 fully saturated rings. The highest BCUT2D eigenvalue weighted by molar-refractivity contribution is 5.85. The van der Waals surface area contributed by atoms with E-state index >= 15 is 0 Å². The largest absolute Gasteiger partial charge is 0.411 e. The lowest BCUT2D eigenvalue weighted by Crippen LogP contribution is -2.43. The van der Waals surface area contributed by atoms with E-state index < -0.39 is 0 Å². The van der Waals surface area contributed by atoms with Crippen LogP contribution in [0.4, 0.5) is 0 Å². The Bertz CT molecular complexity index is 215. The van der Waals surface area contributed by atoms with Crippen LogP contribution in [-0.2, 0) is 0 Å². The number of nitrogens with zero attached hydrogens (tertiary/aromatic N) is 2. The molecule has 74 valence electrons. The molecule has 0 aromatic rings. The first-order valence-corrected chi connectivity index (χ1v) is 5.10. The Kier molecular flexibility index (Phi) is 2.28. The van der Waals surface area contributed by atoms with E-state index in [0.29, 0.717) is 12.0 Å². The minimum atomic E-state index is 0.602. The van der Waals surface area contributed by atoms with Crippen LogP contribution in [-0.4, -0.2) is 35.5 Å². The van der Waals surface area contributed by atoms with Gasteiger partial charge in [-0.25, -0.2) is 0 Å². The summed E-state index contributed by atoms with van der Waals surface area (Å²) in [5, 5.41) is 12.2. The van der Waals surface area contributed by atoms with Crippen molar-refractivity contribution in [3.05, 3.63) is 0 Å². The topological polar surface area (TPSA) is 35.8 Å². The van der Waals surface area contributed by atoms with Crippen LogP contribution >= 0.6 is 0 Å². The molecule has 2 bridgehead atoms. The van der Waals surface area contributed by atoms with Gasteiger partial charge in [0.1, 0.15) is 0 Å². The number of fused-ring (bicyclic) bond motifs is 4. The lowest BCUT2D eigenvalue weighted by atomic mass is 9.86. The maximum Gasteiger partial charge on any atom is 0.0589 e. The zero-order chi connectivity index (χ0) is 9.42. The molecule has 2 saturated heterocycles. The summed E-state index contributed by atoms with van der Waals surface area (Å²) in [6.45, 7) is 3.49. The molecular weight excluding hydrogens is 164 g/mol. The number of piperidine rings is 1. The van der Waals surface area contributed by atoms with Crippen molar-refractivity contribution in [2.75, 3.05) is 13.6 Å². The highest BCUT2D eigenvalue weighted by Crippen LogP contribution is 2.34. The molecular formula is C10H18N2O. The Morgan fingerprint density at radius 3 is 2.85 bits per heavy atom. The first-order valence-electron chi connectivity index (χ1n) is 5.10. The molecule has 3 aliphatic rings. The molecule has 0 amide bonds. The van der Waals surface area contributed by atoms with Crippen LogP contribution < -0.4 is 0 Å². The summed E-state index contributed by atoms with van der Waals surface area (Å²) in [5.41, 5.74) is 1.00. The van der Waals surface area contributed by atoms with E-state index in [2.05, 4.69) is 24.0 Å². The van der Waals surface area contributed by atoms with Gasteiger partial charge in [-0.3, -0.25) is 0 Å². The summed E-state index contributed by atoms with van der Waals surface area (Å²) < 4.78 is 0. The predicted molar refractivity (Wildman–Crippen MR) is 52.1 cm³/mol. The van der Waals surface area contributed by atoms with Crippen LogP contribution in [0.25, 0.3) is 0 Å². The first-order chi connectivity index (χ1) is 6.20. The number of hydrogen-bond donors (Lipinski definition) is 1. The van der Waals surface area contributed by atoms with Crippen molar-refractivity contribution in [3.8, 4) is 0 Å². The minimum absolute atomic E-state index is 0.602. The average molecular weight is 182 g/mol. The molecule has 3 heteroatoms. The fourth-order valence-corrected chi connectivity index (χ4v) is 2.98. The van der Waals surface area contributed by atoms with E-state index in [1.54, 1.807) is 0 Å². The molecule has 2 aliphatic heterocycles. The van der Waals surface area contributed by atoms with Crippen molar-refractivity contribution in [2.24, 2.45) is 17.0 Å². The molecule has 0 unspecified atom stereocenters. The zero-order valence-corrected chi connectivity index (χ0v) is 8.40. The zero-order valence-electron chi connectivity index (χ0n) is 8.40. The van der Waals surface area contributed by atoms with Crippen molar-refractivity contribution in [2.45, 2.75) is 32.2 Å². The normalized spacial score (nSPS) is 43.8. The van der Waals surface area contributed by atoms with E-state index in [0.717, 1.165) is 24.5 Å². The van der Waals surface area contributed by atoms with Gasteiger partial charge in [0.25, 0.3) is 0 Å². The van der Waals surface area contributed by atoms with Crippen molar-refractivity contribution in [1.29, 1.82) is 0 Å². The molecule has 2 heterocycles. The van der Waals surface area contributed by atoms with Gasteiger partial charge in [0, 0.05) is 19.0 Å². The summed E-state index contributed by atoms with van der Waals surface area (Å²) in [6, 6.07) is 0.602. The predicted octanol–water partition coefficient (Wildman–Crippen LogP) is 1.57. The molecule has 3 atom stereocenters. The Hall–Kier alpha value is -0.570. The Balaban J connectivity index is 2.21. The highest BCUT2D eigenvalue weighted by atomic mass is 16.4. The third-order valence-electron chi connectivity index (χ3n) is 3.58. The molecule has 3 rings (SSSR count). The second-order valence-electron chi connectivity index (χ2n) is 4.66. The minimum Gasteiger partial charge on any atom is -0.411 e. The van der Waals surface area contributed by atoms with Gasteiger partial charge in [-0.05, 0) is 31.7 Å². The maximum absolute atomic E-state index is 8.82. The Labute approximate surface area is 79.4 Å². The molecule has 0 radical (unpaired) electrons. The standard InChI is InChI=1S/C10H18N2O/c1-7-3-8-4-9(11-13)5-10(7)12(2)6-8/h7-8,10,13H,3-6H2,1-2H3/t7-,8+,10+/m1/s1. The van der Waals surface area contributed by atoms with Crippen LogP contribution in [0.3, 0.4) is 0 Å². The van der Waals surface area contributed by atoms with E-state index in [4.69, 9.17) is 5.21 Å². The Morgan fingerprint density at radius 2 is 2.23 bits per heavy atom. The van der Waals surface area contributed by atoms with E-state index in [-0.39, 0.29) is 0 Å². The van der Waals surface area contributed by atoms with Crippen LogP contribution in [0.15, 0.2) is 5.16 Å². The third kappa shape index (κ3) is 1.57. The molecule has 1 aliphatic carbocycles. The summed E-state index contributed by atoms with van der Waals surface area (Å²) in [6.07, 6.45) is 3.26. The van der Waals surface area contributed by atoms with Gasteiger partial charge in [-0.2, -0.15) is 0 Å². The molecule has 0 spiro atoms. The number of rotatable bonds is 0. The highest BCUT2D eigenvalue weighted by Gasteiger charge is 2.36. The van der Waals surface area contributed by atoms with Gasteiger partial charge in [0.15, 0.2) is 0 Å². The van der Waals surface area contributed by atoms with Gasteiger partial charge < -0.3 is 10.1 Å². The van der Waals surface area contributed by atoms with Gasteiger partial charge in [0.05, 0.1) is 5.71 Å². The molecule has 0 aromatic heterocycles. The number of hydrogen-bond acceptors (Lipinski definition) is 3. The molecule has 1 saturated carbocycles. The third-order valence-corrected chi connectivity index (χ3v) is 3.58. The fourth-order valence-electron chi connectivity index (χ4n) is 2.98. The SMILES string of the molecule is C[C@@H]1C[C@H]2CC(=NO)C[C@@H]1N(C)C2. The van der Waals surface area contributed by atoms with E-state index in [9.17, 15) is 0 Å². The van der Waals surface area contributed by atoms with Gasteiger partial charge >= 0.3 is 0 Å². The van der Waals surface area contributed by atoms with Gasteiger partial charge in [-0.15, -0.1) is 0 Å². The number of oxime groups is 1. The van der Waals surface area contributed by atoms with Crippen molar-refractivity contribution < 1.29 is 5.21 Å². The van der Waals surface area contributed by atoms with Crippen molar-refractivity contribution in [1.82, 2.24) is 4.90 Å². The van der Waals surface area contributed by atoms with Crippen LogP contribution in [0.5, 0.6) is 0 Å². The van der Waals surface area contributed by atoms with Crippen LogP contribution in [0, 0.1) is 11.8 Å². The van der Waals surface area contributed by atoms with Gasteiger partial charge in [0.2, 0.25) is 0 Å². The summed E-state index contributed by atoms with van der Waals surface area (Å²) in [5.74, 6) is 1.47. The summed E-state index contributed by atoms with van der Waals surface area (Å²) in [7, 11) is 2.19. The molecule has 3 nitrogen and oxygen atoms in total. The monoisotopic (exact) mass is 182 g/mol. The lowest BCUT2D eigenvalue weighted by molar-refractivity contribution is 0.106. The molecule has 13 heavy (non-hydrogen) atoms. The maximum atomic E-state index is 8.82. The average Bonchev–Trinajstić information content (AvgIpc) is 2.32. The smallest absolute Gasteiger partial charge is 0.0589 e. The van der Waals surface area contributed by atoms with Crippen molar-refractivity contribution >= 4 is 5.71 Å². The van der Waals surface area contributed by atoms with Crippen LogP contribution in [0.1, 0.15) is 26.2 Å². The van der Waals surface area contributed by atoms with E-state index in [1.807, 2.05) is 0 Å². The quantitative estimate of drug-likeness (QED) is 0.456.